The molecule has 4 nitrogen and oxygen atoms in total. The Morgan fingerprint density at radius 1 is 1.62 bits per heavy atom. The second-order valence-electron chi connectivity index (χ2n) is 4.86. The quantitative estimate of drug-likeness (QED) is 0.785. The lowest BCUT2D eigenvalue weighted by Crippen LogP contribution is -2.63. The van der Waals surface area contributed by atoms with E-state index in [4.69, 9.17) is 10.5 Å². The van der Waals surface area contributed by atoms with E-state index in [0.29, 0.717) is 6.42 Å². The molecule has 2 unspecified atom stereocenters. The number of rotatable bonds is 4. The molecule has 3 atom stereocenters. The summed E-state index contributed by atoms with van der Waals surface area (Å²) in [5.41, 5.74) is 5.67. The van der Waals surface area contributed by atoms with Gasteiger partial charge in [0.15, 0.2) is 0 Å². The zero-order valence-electron chi connectivity index (χ0n) is 10.4. The Bertz CT molecular complexity index is 246. The van der Waals surface area contributed by atoms with E-state index < -0.39 is 0 Å². The molecule has 1 fully saturated rings. The molecule has 0 radical (unpaired) electrons. The number of halogens is 1. The minimum atomic E-state index is -0.387. The van der Waals surface area contributed by atoms with Gasteiger partial charge < -0.3 is 15.8 Å². The van der Waals surface area contributed by atoms with Crippen molar-refractivity contribution >= 4 is 18.3 Å². The Labute approximate surface area is 104 Å². The number of hydrogen-bond donors (Lipinski definition) is 2. The molecule has 16 heavy (non-hydrogen) atoms. The number of ether oxygens (including phenoxy) is 1. The van der Waals surface area contributed by atoms with Crippen molar-refractivity contribution < 1.29 is 9.53 Å². The normalized spacial score (nSPS) is 28.6. The monoisotopic (exact) mass is 250 g/mol. The first-order chi connectivity index (χ1) is 6.93. The van der Waals surface area contributed by atoms with Gasteiger partial charge >= 0.3 is 0 Å². The maximum absolute atomic E-state index is 11.6. The molecular formula is C11H23ClN2O2. The third-order valence-electron chi connectivity index (χ3n) is 3.56. The first kappa shape index (κ1) is 15.7. The summed E-state index contributed by atoms with van der Waals surface area (Å²) in [5, 5.41) is 2.98. The van der Waals surface area contributed by atoms with Crippen molar-refractivity contribution in [3.63, 3.8) is 0 Å². The van der Waals surface area contributed by atoms with Gasteiger partial charge in [0.25, 0.3) is 0 Å². The minimum absolute atomic E-state index is 0. The molecule has 0 aliphatic heterocycles. The Kier molecular flexibility index (Phi) is 5.73. The van der Waals surface area contributed by atoms with Crippen molar-refractivity contribution in [2.24, 2.45) is 11.1 Å². The number of carbonyl (C=O) groups excluding carboxylic acids is 1. The van der Waals surface area contributed by atoms with E-state index in [2.05, 4.69) is 19.2 Å². The molecular weight excluding hydrogens is 228 g/mol. The van der Waals surface area contributed by atoms with E-state index >= 15 is 0 Å². The maximum atomic E-state index is 11.6. The van der Waals surface area contributed by atoms with Crippen LogP contribution in [0.25, 0.3) is 0 Å². The fraction of sp³-hybridized carbons (Fsp3) is 0.909. The maximum Gasteiger partial charge on any atom is 0.237 e. The highest BCUT2D eigenvalue weighted by molar-refractivity contribution is 5.85. The molecule has 0 saturated heterocycles. The smallest absolute Gasteiger partial charge is 0.237 e. The summed E-state index contributed by atoms with van der Waals surface area (Å²) in [7, 11) is 1.71. The number of amides is 1. The summed E-state index contributed by atoms with van der Waals surface area (Å²) >= 11 is 0. The van der Waals surface area contributed by atoms with Gasteiger partial charge in [-0.1, -0.05) is 20.8 Å². The Hall–Kier alpha value is -0.320. The molecule has 1 aliphatic carbocycles. The van der Waals surface area contributed by atoms with Gasteiger partial charge in [-0.25, -0.2) is 0 Å². The zero-order chi connectivity index (χ0) is 11.6. The highest BCUT2D eigenvalue weighted by Crippen LogP contribution is 2.42. The van der Waals surface area contributed by atoms with E-state index in [1.54, 1.807) is 7.11 Å². The molecule has 96 valence electrons. The minimum Gasteiger partial charge on any atom is -0.381 e. The average Bonchev–Trinajstić information content (AvgIpc) is 2.21. The first-order valence-corrected chi connectivity index (χ1v) is 5.52. The van der Waals surface area contributed by atoms with Crippen molar-refractivity contribution in [1.29, 1.82) is 0 Å². The van der Waals surface area contributed by atoms with E-state index in [1.807, 2.05) is 6.92 Å². The second-order valence-corrected chi connectivity index (χ2v) is 4.86. The summed E-state index contributed by atoms with van der Waals surface area (Å²) in [6.45, 7) is 6.12. The van der Waals surface area contributed by atoms with E-state index in [1.165, 1.54) is 0 Å². The molecule has 0 heterocycles. The van der Waals surface area contributed by atoms with Crippen LogP contribution in [0.2, 0.25) is 0 Å². The van der Waals surface area contributed by atoms with Crippen LogP contribution in [0.1, 0.15) is 33.6 Å². The molecule has 0 aromatic carbocycles. The summed E-state index contributed by atoms with van der Waals surface area (Å²) in [6.07, 6.45) is 1.79. The van der Waals surface area contributed by atoms with Crippen molar-refractivity contribution in [3.8, 4) is 0 Å². The van der Waals surface area contributed by atoms with Gasteiger partial charge in [0.2, 0.25) is 5.91 Å². The van der Waals surface area contributed by atoms with Crippen molar-refractivity contribution in [1.82, 2.24) is 5.32 Å². The first-order valence-electron chi connectivity index (χ1n) is 5.52. The molecule has 1 amide bonds. The van der Waals surface area contributed by atoms with Crippen LogP contribution in [-0.4, -0.2) is 31.2 Å². The number of carbonyl (C=O) groups is 1. The largest absolute Gasteiger partial charge is 0.381 e. The van der Waals surface area contributed by atoms with Gasteiger partial charge in [-0.2, -0.15) is 0 Å². The number of methoxy groups -OCH3 is 1. The van der Waals surface area contributed by atoms with Gasteiger partial charge in [0.1, 0.15) is 0 Å². The van der Waals surface area contributed by atoms with Gasteiger partial charge in [-0.3, -0.25) is 4.79 Å². The molecule has 1 saturated carbocycles. The Morgan fingerprint density at radius 2 is 2.19 bits per heavy atom. The fourth-order valence-corrected chi connectivity index (χ4v) is 1.99. The predicted molar refractivity (Wildman–Crippen MR) is 66.6 cm³/mol. The van der Waals surface area contributed by atoms with Crippen LogP contribution in [0.3, 0.4) is 0 Å². The molecule has 1 rings (SSSR count). The summed E-state index contributed by atoms with van der Waals surface area (Å²) in [6, 6.07) is -0.199. The Morgan fingerprint density at radius 3 is 2.56 bits per heavy atom. The molecule has 3 N–H and O–H groups in total. The van der Waals surface area contributed by atoms with E-state index in [0.717, 1.165) is 6.42 Å². The van der Waals surface area contributed by atoms with Gasteiger partial charge in [-0.05, 0) is 12.8 Å². The topological polar surface area (TPSA) is 64.4 Å². The fourth-order valence-electron chi connectivity index (χ4n) is 1.99. The zero-order valence-corrected chi connectivity index (χ0v) is 11.3. The highest BCUT2D eigenvalue weighted by Gasteiger charge is 2.49. The summed E-state index contributed by atoms with van der Waals surface area (Å²) < 4.78 is 5.32. The van der Waals surface area contributed by atoms with Crippen LogP contribution >= 0.6 is 12.4 Å². The van der Waals surface area contributed by atoms with Gasteiger partial charge in [0.05, 0.1) is 12.1 Å². The lowest BCUT2D eigenvalue weighted by Gasteiger charge is -2.51. The van der Waals surface area contributed by atoms with Gasteiger partial charge in [-0.15, -0.1) is 12.4 Å². The third kappa shape index (κ3) is 2.87. The SMILES string of the molecule is CC[C@H](N)C(=O)NC1CC(OC)C1(C)C.Cl. The van der Waals surface area contributed by atoms with Gasteiger partial charge in [0, 0.05) is 18.6 Å². The number of nitrogens with two attached hydrogens (primary N) is 1. The average molecular weight is 251 g/mol. The standard InChI is InChI=1S/C11H22N2O2.ClH/c1-5-7(12)10(14)13-8-6-9(15-4)11(8,2)3;/h7-9H,5-6,12H2,1-4H3,(H,13,14);1H/t7-,8?,9?;/m0./s1. The summed E-state index contributed by atoms with van der Waals surface area (Å²) in [4.78, 5) is 11.6. The van der Waals surface area contributed by atoms with Crippen molar-refractivity contribution in [3.05, 3.63) is 0 Å². The third-order valence-corrected chi connectivity index (χ3v) is 3.56. The van der Waals surface area contributed by atoms with Crippen LogP contribution in [0.5, 0.6) is 0 Å². The van der Waals surface area contributed by atoms with Crippen LogP contribution < -0.4 is 11.1 Å². The van der Waals surface area contributed by atoms with Crippen molar-refractivity contribution in [2.75, 3.05) is 7.11 Å². The van der Waals surface area contributed by atoms with E-state index in [-0.39, 0.29) is 41.9 Å². The molecule has 0 aromatic rings. The molecule has 1 aliphatic rings. The summed E-state index contributed by atoms with van der Waals surface area (Å²) in [5.74, 6) is -0.0508. The van der Waals surface area contributed by atoms with E-state index in [9.17, 15) is 4.79 Å². The second kappa shape index (κ2) is 5.84. The van der Waals surface area contributed by atoms with Crippen molar-refractivity contribution in [2.45, 2.75) is 51.8 Å². The lowest BCUT2D eigenvalue weighted by molar-refractivity contribution is -0.133. The molecule has 0 bridgehead atoms. The van der Waals surface area contributed by atoms with Crippen LogP contribution in [0.15, 0.2) is 0 Å². The van der Waals surface area contributed by atoms with Crippen LogP contribution in [0.4, 0.5) is 0 Å². The Balaban J connectivity index is 0.00000225. The number of nitrogens with one attached hydrogen (secondary N) is 1. The van der Waals surface area contributed by atoms with Crippen LogP contribution in [-0.2, 0) is 9.53 Å². The molecule has 0 spiro atoms. The predicted octanol–water partition coefficient (Wildman–Crippen LogP) is 1.08. The van der Waals surface area contributed by atoms with Crippen LogP contribution in [0, 0.1) is 5.41 Å². The lowest BCUT2D eigenvalue weighted by atomic mass is 9.64. The molecule has 5 heteroatoms. The highest BCUT2D eigenvalue weighted by atomic mass is 35.5. The molecule has 0 aromatic heterocycles. The number of hydrogen-bond acceptors (Lipinski definition) is 3.